The highest BCUT2D eigenvalue weighted by Crippen LogP contribution is 2.20. The van der Waals surface area contributed by atoms with E-state index in [0.717, 1.165) is 11.3 Å². The lowest BCUT2D eigenvalue weighted by Gasteiger charge is -2.22. The molecule has 0 amide bonds. The Morgan fingerprint density at radius 3 is 2.47 bits per heavy atom. The summed E-state index contributed by atoms with van der Waals surface area (Å²) in [5.74, 6) is -0.137. The predicted molar refractivity (Wildman–Crippen MR) is 65.0 cm³/mol. The minimum Gasteiger partial charge on any atom is -0.497 e. The van der Waals surface area contributed by atoms with Gasteiger partial charge in [-0.2, -0.15) is 0 Å². The molecule has 2 unspecified atom stereocenters. The second-order valence-electron chi connectivity index (χ2n) is 3.80. The van der Waals surface area contributed by atoms with E-state index >= 15 is 0 Å². The molecule has 0 aliphatic rings. The lowest BCUT2D eigenvalue weighted by molar-refractivity contribution is -0.137. The number of carbonyl (C=O) groups is 1. The Bertz CT molecular complexity index is 365. The highest BCUT2D eigenvalue weighted by Gasteiger charge is 2.20. The third-order valence-electron chi connectivity index (χ3n) is 2.62. The second-order valence-corrected chi connectivity index (χ2v) is 3.80. The maximum atomic E-state index is 10.6. The summed E-state index contributed by atoms with van der Waals surface area (Å²) in [5.41, 5.74) is 6.80. The van der Waals surface area contributed by atoms with Crippen molar-refractivity contribution in [3.8, 4) is 5.75 Å². The lowest BCUT2D eigenvalue weighted by Crippen LogP contribution is -2.37. The molecule has 94 valence electrons. The Hall–Kier alpha value is -1.59. The zero-order valence-electron chi connectivity index (χ0n) is 10.0. The van der Waals surface area contributed by atoms with Crippen LogP contribution in [-0.2, 0) is 4.79 Å². The topological polar surface area (TPSA) is 84.6 Å². The Morgan fingerprint density at radius 1 is 1.47 bits per heavy atom. The molecule has 0 saturated carbocycles. The van der Waals surface area contributed by atoms with Gasteiger partial charge in [0.25, 0.3) is 0 Å². The van der Waals surface area contributed by atoms with Crippen LogP contribution in [0.5, 0.6) is 5.75 Å². The van der Waals surface area contributed by atoms with Gasteiger partial charge in [-0.05, 0) is 24.7 Å². The fourth-order valence-corrected chi connectivity index (χ4v) is 1.76. The largest absolute Gasteiger partial charge is 0.497 e. The van der Waals surface area contributed by atoms with Crippen LogP contribution >= 0.6 is 0 Å². The van der Waals surface area contributed by atoms with E-state index in [2.05, 4.69) is 5.32 Å². The van der Waals surface area contributed by atoms with E-state index in [4.69, 9.17) is 15.6 Å². The number of nitrogens with two attached hydrogens (primary N) is 1. The van der Waals surface area contributed by atoms with E-state index in [9.17, 15) is 4.79 Å². The fraction of sp³-hybridized carbons (Fsp3) is 0.417. The van der Waals surface area contributed by atoms with Crippen molar-refractivity contribution in [1.29, 1.82) is 0 Å². The summed E-state index contributed by atoms with van der Waals surface area (Å²) < 4.78 is 5.06. The Morgan fingerprint density at radius 2 is 2.06 bits per heavy atom. The van der Waals surface area contributed by atoms with Crippen molar-refractivity contribution in [1.82, 2.24) is 5.32 Å². The normalized spacial score (nSPS) is 14.1. The van der Waals surface area contributed by atoms with Gasteiger partial charge >= 0.3 is 5.97 Å². The Kier molecular flexibility index (Phi) is 4.93. The van der Waals surface area contributed by atoms with Gasteiger partial charge in [0, 0.05) is 12.1 Å². The van der Waals surface area contributed by atoms with Gasteiger partial charge in [-0.1, -0.05) is 12.1 Å². The molecule has 1 aromatic rings. The number of hydrogen-bond acceptors (Lipinski definition) is 4. The Balaban J connectivity index is 2.81. The van der Waals surface area contributed by atoms with Crippen molar-refractivity contribution >= 4 is 5.97 Å². The molecular weight excluding hydrogens is 220 g/mol. The molecule has 1 rings (SSSR count). The van der Waals surface area contributed by atoms with Gasteiger partial charge < -0.3 is 20.9 Å². The molecule has 0 aliphatic heterocycles. The fourth-order valence-electron chi connectivity index (χ4n) is 1.76. The molecule has 5 heteroatoms. The second kappa shape index (κ2) is 6.22. The van der Waals surface area contributed by atoms with Crippen LogP contribution in [0.15, 0.2) is 24.3 Å². The number of aliphatic carboxylic acids is 1. The number of hydrogen-bond donors (Lipinski definition) is 3. The summed E-state index contributed by atoms with van der Waals surface area (Å²) in [5, 5.41) is 11.8. The number of ether oxygens (including phenoxy) is 1. The van der Waals surface area contributed by atoms with Crippen molar-refractivity contribution in [2.75, 3.05) is 14.2 Å². The smallest absolute Gasteiger partial charge is 0.304 e. The Labute approximate surface area is 101 Å². The van der Waals surface area contributed by atoms with Crippen LogP contribution in [0.4, 0.5) is 0 Å². The first kappa shape index (κ1) is 13.5. The number of rotatable bonds is 6. The van der Waals surface area contributed by atoms with Crippen molar-refractivity contribution in [3.63, 3.8) is 0 Å². The van der Waals surface area contributed by atoms with Gasteiger partial charge in [-0.15, -0.1) is 0 Å². The lowest BCUT2D eigenvalue weighted by atomic mass is 9.97. The van der Waals surface area contributed by atoms with Crippen LogP contribution in [0.3, 0.4) is 0 Å². The molecule has 0 aromatic heterocycles. The average Bonchev–Trinajstić information content (AvgIpc) is 2.30. The van der Waals surface area contributed by atoms with Crippen LogP contribution < -0.4 is 15.8 Å². The van der Waals surface area contributed by atoms with Gasteiger partial charge in [0.2, 0.25) is 0 Å². The molecule has 0 radical (unpaired) electrons. The van der Waals surface area contributed by atoms with Crippen molar-refractivity contribution in [2.24, 2.45) is 5.73 Å². The molecule has 0 bridgehead atoms. The molecule has 0 saturated heterocycles. The molecule has 5 nitrogen and oxygen atoms in total. The number of carboxylic acid groups (broad SMARTS) is 1. The van der Waals surface area contributed by atoms with Crippen molar-refractivity contribution < 1.29 is 14.6 Å². The molecule has 1 aromatic carbocycles. The molecule has 0 aliphatic carbocycles. The maximum Gasteiger partial charge on any atom is 0.304 e. The van der Waals surface area contributed by atoms with Gasteiger partial charge in [0.15, 0.2) is 0 Å². The number of carboxylic acids is 1. The average molecular weight is 238 g/mol. The third kappa shape index (κ3) is 3.72. The van der Waals surface area contributed by atoms with E-state index < -0.39 is 12.0 Å². The van der Waals surface area contributed by atoms with E-state index in [1.165, 1.54) is 0 Å². The maximum absolute atomic E-state index is 10.6. The van der Waals surface area contributed by atoms with Gasteiger partial charge in [0.1, 0.15) is 5.75 Å². The molecule has 0 heterocycles. The summed E-state index contributed by atoms with van der Waals surface area (Å²) in [7, 11) is 3.36. The number of likely N-dealkylation sites (N-methyl/N-ethyl adjacent to an activating group) is 1. The predicted octanol–water partition coefficient (Wildman–Crippen LogP) is 0.758. The third-order valence-corrected chi connectivity index (χ3v) is 2.62. The standard InChI is InChI=1S/C12H18N2O3/c1-14-12(10(13)7-11(15)16)8-3-5-9(17-2)6-4-8/h3-6,10,12,14H,7,13H2,1-2H3,(H,15,16). The summed E-state index contributed by atoms with van der Waals surface area (Å²) in [6.07, 6.45) is -0.0719. The van der Waals surface area contributed by atoms with E-state index in [1.807, 2.05) is 24.3 Å². The van der Waals surface area contributed by atoms with Crippen LogP contribution in [0.25, 0.3) is 0 Å². The molecule has 0 spiro atoms. The van der Waals surface area contributed by atoms with Crippen molar-refractivity contribution in [2.45, 2.75) is 18.5 Å². The summed E-state index contributed by atoms with van der Waals surface area (Å²) >= 11 is 0. The summed E-state index contributed by atoms with van der Waals surface area (Å²) in [6, 6.07) is 6.76. The molecule has 0 fully saturated rings. The molecular formula is C12H18N2O3. The summed E-state index contributed by atoms with van der Waals surface area (Å²) in [6.45, 7) is 0. The highest BCUT2D eigenvalue weighted by atomic mass is 16.5. The number of methoxy groups -OCH3 is 1. The first-order chi connectivity index (χ1) is 8.08. The quantitative estimate of drug-likeness (QED) is 0.681. The monoisotopic (exact) mass is 238 g/mol. The molecule has 2 atom stereocenters. The van der Waals surface area contributed by atoms with E-state index in [1.54, 1.807) is 14.2 Å². The zero-order chi connectivity index (χ0) is 12.8. The van der Waals surface area contributed by atoms with Crippen molar-refractivity contribution in [3.05, 3.63) is 29.8 Å². The van der Waals surface area contributed by atoms with Gasteiger partial charge in [-0.3, -0.25) is 4.79 Å². The van der Waals surface area contributed by atoms with Crippen LogP contribution in [0, 0.1) is 0 Å². The number of benzene rings is 1. The van der Waals surface area contributed by atoms with Gasteiger partial charge in [0.05, 0.1) is 13.5 Å². The van der Waals surface area contributed by atoms with E-state index in [0.29, 0.717) is 0 Å². The van der Waals surface area contributed by atoms with Gasteiger partial charge in [-0.25, -0.2) is 0 Å². The SMILES string of the molecule is CNC(c1ccc(OC)cc1)C(N)CC(=O)O. The first-order valence-electron chi connectivity index (χ1n) is 5.37. The minimum atomic E-state index is -0.897. The minimum absolute atomic E-state index is 0.0719. The summed E-state index contributed by atoms with van der Waals surface area (Å²) in [4.78, 5) is 10.6. The zero-order valence-corrected chi connectivity index (χ0v) is 10.0. The molecule has 4 N–H and O–H groups in total. The van der Waals surface area contributed by atoms with Crippen LogP contribution in [0.1, 0.15) is 18.0 Å². The van der Waals surface area contributed by atoms with Crippen LogP contribution in [0.2, 0.25) is 0 Å². The molecule has 17 heavy (non-hydrogen) atoms. The highest BCUT2D eigenvalue weighted by molar-refractivity contribution is 5.67. The van der Waals surface area contributed by atoms with Crippen LogP contribution in [-0.4, -0.2) is 31.3 Å². The van der Waals surface area contributed by atoms with E-state index in [-0.39, 0.29) is 12.5 Å². The first-order valence-corrected chi connectivity index (χ1v) is 5.37. The number of nitrogens with one attached hydrogen (secondary N) is 1.